The Bertz CT molecular complexity index is 856. The van der Waals surface area contributed by atoms with Crippen LogP contribution in [-0.4, -0.2) is 40.5 Å². The SMILES string of the molecule is CCCOC(=O)C1=C(C)N(C)C(C)=C(C(=O)O)C1c1cccc([N+](=O)[O-])c1. The number of benzene rings is 1. The van der Waals surface area contributed by atoms with Crippen LogP contribution in [0.25, 0.3) is 0 Å². The van der Waals surface area contributed by atoms with Crippen molar-refractivity contribution in [2.45, 2.75) is 33.1 Å². The van der Waals surface area contributed by atoms with Crippen molar-refractivity contribution in [3.05, 3.63) is 62.5 Å². The third-order valence-electron chi connectivity index (χ3n) is 4.67. The molecule has 0 bridgehead atoms. The van der Waals surface area contributed by atoms with Gasteiger partial charge in [0.25, 0.3) is 5.69 Å². The summed E-state index contributed by atoms with van der Waals surface area (Å²) in [5.41, 5.74) is 1.37. The maximum atomic E-state index is 12.7. The standard InChI is InChI=1S/C19H22N2O6/c1-5-9-27-19(24)16-12(3)20(4)11(2)15(18(22)23)17(16)13-7-6-8-14(10-13)21(25)26/h6-8,10,17H,5,9H2,1-4H3,(H,22,23). The van der Waals surface area contributed by atoms with Gasteiger partial charge in [-0.05, 0) is 25.8 Å². The van der Waals surface area contributed by atoms with Gasteiger partial charge in [0.05, 0.1) is 28.6 Å². The molecule has 0 radical (unpaired) electrons. The van der Waals surface area contributed by atoms with E-state index < -0.39 is 22.8 Å². The molecule has 1 aromatic rings. The highest BCUT2D eigenvalue weighted by Crippen LogP contribution is 2.42. The van der Waals surface area contributed by atoms with Gasteiger partial charge in [-0.2, -0.15) is 0 Å². The molecular weight excluding hydrogens is 352 g/mol. The molecule has 0 saturated carbocycles. The highest BCUT2D eigenvalue weighted by atomic mass is 16.6. The van der Waals surface area contributed by atoms with E-state index in [1.54, 1.807) is 31.9 Å². The van der Waals surface area contributed by atoms with Gasteiger partial charge in [-0.3, -0.25) is 10.1 Å². The maximum Gasteiger partial charge on any atom is 0.336 e. The van der Waals surface area contributed by atoms with Gasteiger partial charge in [-0.25, -0.2) is 9.59 Å². The number of carbonyl (C=O) groups is 2. The predicted octanol–water partition coefficient (Wildman–Crippen LogP) is 3.21. The average Bonchev–Trinajstić information content (AvgIpc) is 2.63. The number of carboxylic acid groups (broad SMARTS) is 1. The summed E-state index contributed by atoms with van der Waals surface area (Å²) < 4.78 is 5.27. The van der Waals surface area contributed by atoms with E-state index in [1.807, 2.05) is 6.92 Å². The fourth-order valence-corrected chi connectivity index (χ4v) is 3.14. The van der Waals surface area contributed by atoms with Gasteiger partial charge in [0, 0.05) is 30.6 Å². The molecule has 0 aliphatic carbocycles. The van der Waals surface area contributed by atoms with Crippen molar-refractivity contribution in [2.75, 3.05) is 13.7 Å². The quantitative estimate of drug-likeness (QED) is 0.462. The molecule has 1 aromatic carbocycles. The lowest BCUT2D eigenvalue weighted by Crippen LogP contribution is -2.33. The third kappa shape index (κ3) is 3.84. The van der Waals surface area contributed by atoms with Gasteiger partial charge in [-0.15, -0.1) is 0 Å². The number of carboxylic acids is 1. The molecule has 2 rings (SSSR count). The number of hydrogen-bond acceptors (Lipinski definition) is 6. The van der Waals surface area contributed by atoms with Gasteiger partial charge < -0.3 is 14.7 Å². The van der Waals surface area contributed by atoms with Gasteiger partial charge >= 0.3 is 11.9 Å². The topological polar surface area (TPSA) is 110 Å². The monoisotopic (exact) mass is 374 g/mol. The number of carbonyl (C=O) groups excluding carboxylic acids is 1. The second kappa shape index (κ2) is 8.03. The summed E-state index contributed by atoms with van der Waals surface area (Å²) in [6.45, 7) is 5.40. The van der Waals surface area contributed by atoms with E-state index in [4.69, 9.17) is 4.74 Å². The van der Waals surface area contributed by atoms with E-state index in [0.717, 1.165) is 0 Å². The minimum Gasteiger partial charge on any atom is -0.478 e. The molecular formula is C19H22N2O6. The van der Waals surface area contributed by atoms with Crippen molar-refractivity contribution in [3.8, 4) is 0 Å². The summed E-state index contributed by atoms with van der Waals surface area (Å²) in [6.07, 6.45) is 0.621. The van der Waals surface area contributed by atoms with Crippen molar-refractivity contribution in [1.29, 1.82) is 0 Å². The fraction of sp³-hybridized carbons (Fsp3) is 0.368. The zero-order valence-corrected chi connectivity index (χ0v) is 15.7. The summed E-state index contributed by atoms with van der Waals surface area (Å²) in [4.78, 5) is 37.0. The van der Waals surface area contributed by atoms with Gasteiger partial charge in [0.15, 0.2) is 0 Å². The molecule has 0 fully saturated rings. The molecule has 8 heteroatoms. The Kier molecular flexibility index (Phi) is 5.99. The predicted molar refractivity (Wildman–Crippen MR) is 97.9 cm³/mol. The number of nitro benzene ring substituents is 1. The second-order valence-corrected chi connectivity index (χ2v) is 6.28. The number of hydrogen-bond donors (Lipinski definition) is 1. The largest absolute Gasteiger partial charge is 0.478 e. The number of allylic oxidation sites excluding steroid dienone is 2. The summed E-state index contributed by atoms with van der Waals surface area (Å²) in [5.74, 6) is -2.77. The lowest BCUT2D eigenvalue weighted by molar-refractivity contribution is -0.384. The molecule has 1 N–H and O–H groups in total. The molecule has 1 atom stereocenters. The number of rotatable bonds is 6. The number of non-ortho nitro benzene ring substituents is 1. The Morgan fingerprint density at radius 3 is 2.44 bits per heavy atom. The maximum absolute atomic E-state index is 12.7. The van der Waals surface area contributed by atoms with Crippen LogP contribution in [0.5, 0.6) is 0 Å². The highest BCUT2D eigenvalue weighted by molar-refractivity contribution is 5.99. The van der Waals surface area contributed by atoms with Crippen molar-refractivity contribution >= 4 is 17.6 Å². The van der Waals surface area contributed by atoms with Crippen molar-refractivity contribution in [2.24, 2.45) is 0 Å². The fourth-order valence-electron chi connectivity index (χ4n) is 3.14. The Hall–Kier alpha value is -3.16. The average molecular weight is 374 g/mol. The normalized spacial score (nSPS) is 17.2. The smallest absolute Gasteiger partial charge is 0.336 e. The summed E-state index contributed by atoms with van der Waals surface area (Å²) in [7, 11) is 1.67. The molecule has 0 amide bonds. The first kappa shape index (κ1) is 20.2. The third-order valence-corrected chi connectivity index (χ3v) is 4.67. The minimum atomic E-state index is -1.19. The number of esters is 1. The van der Waals surface area contributed by atoms with E-state index in [1.165, 1.54) is 18.2 Å². The first-order chi connectivity index (χ1) is 12.7. The van der Waals surface area contributed by atoms with Crippen molar-refractivity contribution in [3.63, 3.8) is 0 Å². The van der Waals surface area contributed by atoms with Crippen molar-refractivity contribution < 1.29 is 24.4 Å². The Labute approximate surface area is 156 Å². The molecule has 144 valence electrons. The van der Waals surface area contributed by atoms with E-state index >= 15 is 0 Å². The van der Waals surface area contributed by atoms with Crippen LogP contribution < -0.4 is 0 Å². The highest BCUT2D eigenvalue weighted by Gasteiger charge is 2.39. The number of aliphatic carboxylic acids is 1. The molecule has 1 unspecified atom stereocenters. The Morgan fingerprint density at radius 2 is 1.89 bits per heavy atom. The second-order valence-electron chi connectivity index (χ2n) is 6.28. The van der Waals surface area contributed by atoms with Crippen LogP contribution in [0.1, 0.15) is 38.7 Å². The van der Waals surface area contributed by atoms with Crippen LogP contribution in [0.2, 0.25) is 0 Å². The molecule has 0 spiro atoms. The summed E-state index contributed by atoms with van der Waals surface area (Å²) >= 11 is 0. The summed E-state index contributed by atoms with van der Waals surface area (Å²) in [6, 6.07) is 5.68. The molecule has 1 aliphatic heterocycles. The van der Waals surface area contributed by atoms with Crippen LogP contribution in [0, 0.1) is 10.1 Å². The van der Waals surface area contributed by atoms with Gasteiger partial charge in [0.1, 0.15) is 0 Å². The number of nitrogens with zero attached hydrogens (tertiary/aromatic N) is 2. The van der Waals surface area contributed by atoms with Crippen LogP contribution >= 0.6 is 0 Å². The molecule has 1 heterocycles. The van der Waals surface area contributed by atoms with Gasteiger partial charge in [-0.1, -0.05) is 19.1 Å². The van der Waals surface area contributed by atoms with E-state index in [0.29, 0.717) is 23.4 Å². The molecule has 27 heavy (non-hydrogen) atoms. The first-order valence-electron chi connectivity index (χ1n) is 8.50. The zero-order valence-electron chi connectivity index (χ0n) is 15.7. The van der Waals surface area contributed by atoms with Crippen LogP contribution in [0.4, 0.5) is 5.69 Å². The van der Waals surface area contributed by atoms with Gasteiger partial charge in [0.2, 0.25) is 0 Å². The number of ether oxygens (including phenoxy) is 1. The number of nitro groups is 1. The molecule has 1 aliphatic rings. The Balaban J connectivity index is 2.71. The van der Waals surface area contributed by atoms with E-state index in [2.05, 4.69) is 0 Å². The van der Waals surface area contributed by atoms with E-state index in [-0.39, 0.29) is 23.4 Å². The molecule has 8 nitrogen and oxygen atoms in total. The zero-order chi connectivity index (χ0) is 20.3. The van der Waals surface area contributed by atoms with Crippen LogP contribution in [0.15, 0.2) is 46.8 Å². The van der Waals surface area contributed by atoms with Crippen molar-refractivity contribution in [1.82, 2.24) is 4.90 Å². The molecule has 0 saturated heterocycles. The molecule has 0 aromatic heterocycles. The lowest BCUT2D eigenvalue weighted by Gasteiger charge is -2.35. The first-order valence-corrected chi connectivity index (χ1v) is 8.50. The van der Waals surface area contributed by atoms with Crippen LogP contribution in [-0.2, 0) is 14.3 Å². The van der Waals surface area contributed by atoms with Crippen LogP contribution in [0.3, 0.4) is 0 Å². The minimum absolute atomic E-state index is 0.00736. The summed E-state index contributed by atoms with van der Waals surface area (Å²) in [5, 5.41) is 21.0. The Morgan fingerprint density at radius 1 is 1.26 bits per heavy atom. The van der Waals surface area contributed by atoms with E-state index in [9.17, 15) is 24.8 Å². The lowest BCUT2D eigenvalue weighted by atomic mass is 9.80.